The van der Waals surface area contributed by atoms with Gasteiger partial charge < -0.3 is 5.32 Å². The zero-order valence-electron chi connectivity index (χ0n) is 10.7. The lowest BCUT2D eigenvalue weighted by atomic mass is 10.0. The quantitative estimate of drug-likeness (QED) is 0.874. The largest absolute Gasteiger partial charge is 0.310 e. The SMILES string of the molecule is CCNC(Cc1ccccn1)c1ccc(Cl)cc1Br. The normalized spacial score (nSPS) is 12.4. The predicted molar refractivity (Wildman–Crippen MR) is 83.5 cm³/mol. The highest BCUT2D eigenvalue weighted by atomic mass is 79.9. The van der Waals surface area contributed by atoms with Crippen LogP contribution >= 0.6 is 27.5 Å². The average Bonchev–Trinajstić information content (AvgIpc) is 2.39. The van der Waals surface area contributed by atoms with Crippen LogP contribution in [-0.4, -0.2) is 11.5 Å². The number of halogens is 2. The summed E-state index contributed by atoms with van der Waals surface area (Å²) in [6.45, 7) is 3.02. The maximum atomic E-state index is 6.00. The zero-order chi connectivity index (χ0) is 13.7. The number of pyridine rings is 1. The van der Waals surface area contributed by atoms with Gasteiger partial charge in [-0.1, -0.05) is 46.6 Å². The van der Waals surface area contributed by atoms with Gasteiger partial charge in [0.25, 0.3) is 0 Å². The molecule has 1 atom stereocenters. The van der Waals surface area contributed by atoms with E-state index in [0.29, 0.717) is 0 Å². The Morgan fingerprint density at radius 1 is 1.32 bits per heavy atom. The fourth-order valence-electron chi connectivity index (χ4n) is 2.05. The van der Waals surface area contributed by atoms with Crippen LogP contribution in [-0.2, 0) is 6.42 Å². The van der Waals surface area contributed by atoms with Gasteiger partial charge in [-0.05, 0) is 36.4 Å². The Hall–Kier alpha value is -0.900. The van der Waals surface area contributed by atoms with Crippen molar-refractivity contribution in [3.63, 3.8) is 0 Å². The van der Waals surface area contributed by atoms with Crippen LogP contribution in [0, 0.1) is 0 Å². The second kappa shape index (κ2) is 7.04. The van der Waals surface area contributed by atoms with Crippen molar-refractivity contribution in [1.82, 2.24) is 10.3 Å². The molecule has 1 aromatic carbocycles. The molecule has 0 aliphatic heterocycles. The lowest BCUT2D eigenvalue weighted by Crippen LogP contribution is -2.23. The van der Waals surface area contributed by atoms with Crippen molar-refractivity contribution in [3.8, 4) is 0 Å². The Balaban J connectivity index is 2.24. The van der Waals surface area contributed by atoms with Gasteiger partial charge in [0.1, 0.15) is 0 Å². The molecule has 100 valence electrons. The molecule has 0 radical (unpaired) electrons. The van der Waals surface area contributed by atoms with E-state index >= 15 is 0 Å². The number of likely N-dealkylation sites (N-methyl/N-ethyl adjacent to an activating group) is 1. The van der Waals surface area contributed by atoms with Gasteiger partial charge in [0.05, 0.1) is 0 Å². The highest BCUT2D eigenvalue weighted by Crippen LogP contribution is 2.28. The molecule has 0 saturated heterocycles. The van der Waals surface area contributed by atoms with Gasteiger partial charge in [0, 0.05) is 33.8 Å². The second-order valence-electron chi connectivity index (χ2n) is 4.30. The predicted octanol–water partition coefficient (Wildman–Crippen LogP) is 4.39. The number of nitrogens with zero attached hydrogens (tertiary/aromatic N) is 1. The summed E-state index contributed by atoms with van der Waals surface area (Å²) >= 11 is 9.58. The maximum absolute atomic E-state index is 6.00. The standard InChI is InChI=1S/C15H16BrClN2/c1-2-18-15(10-12-5-3-4-8-19-12)13-7-6-11(17)9-14(13)16/h3-9,15,18H,2,10H2,1H3. The molecule has 0 fully saturated rings. The summed E-state index contributed by atoms with van der Waals surface area (Å²) in [4.78, 5) is 4.39. The van der Waals surface area contributed by atoms with E-state index in [4.69, 9.17) is 11.6 Å². The summed E-state index contributed by atoms with van der Waals surface area (Å²) in [6.07, 6.45) is 2.68. The molecule has 4 heteroatoms. The van der Waals surface area contributed by atoms with E-state index in [0.717, 1.165) is 28.2 Å². The van der Waals surface area contributed by atoms with Gasteiger partial charge in [-0.25, -0.2) is 0 Å². The third kappa shape index (κ3) is 4.03. The third-order valence-corrected chi connectivity index (χ3v) is 3.85. The first kappa shape index (κ1) is 14.5. The summed E-state index contributed by atoms with van der Waals surface area (Å²) in [5.74, 6) is 0. The molecule has 0 spiro atoms. The summed E-state index contributed by atoms with van der Waals surface area (Å²) in [5.41, 5.74) is 2.28. The molecule has 2 rings (SSSR count). The Morgan fingerprint density at radius 3 is 2.79 bits per heavy atom. The van der Waals surface area contributed by atoms with Gasteiger partial charge in [-0.3, -0.25) is 4.98 Å². The van der Waals surface area contributed by atoms with E-state index in [-0.39, 0.29) is 6.04 Å². The molecule has 0 aliphatic rings. The molecule has 1 heterocycles. The molecule has 1 unspecified atom stereocenters. The number of aromatic nitrogens is 1. The van der Waals surface area contributed by atoms with Gasteiger partial charge in [-0.2, -0.15) is 0 Å². The molecule has 1 N–H and O–H groups in total. The Labute approximate surface area is 127 Å². The molecule has 0 bridgehead atoms. The summed E-state index contributed by atoms with van der Waals surface area (Å²) in [7, 11) is 0. The Bertz CT molecular complexity index is 531. The topological polar surface area (TPSA) is 24.9 Å². The molecule has 1 aromatic heterocycles. The van der Waals surface area contributed by atoms with Crippen molar-refractivity contribution in [3.05, 3.63) is 63.3 Å². The molecular formula is C15H16BrClN2. The van der Waals surface area contributed by atoms with Crippen molar-refractivity contribution < 1.29 is 0 Å². The van der Waals surface area contributed by atoms with Crippen molar-refractivity contribution in [2.75, 3.05) is 6.54 Å². The monoisotopic (exact) mass is 338 g/mol. The first-order chi connectivity index (χ1) is 9.20. The third-order valence-electron chi connectivity index (χ3n) is 2.93. The number of benzene rings is 1. The van der Waals surface area contributed by atoms with E-state index in [1.165, 1.54) is 5.56 Å². The molecule has 0 aliphatic carbocycles. The van der Waals surface area contributed by atoms with Crippen LogP contribution < -0.4 is 5.32 Å². The minimum Gasteiger partial charge on any atom is -0.310 e. The van der Waals surface area contributed by atoms with Crippen LogP contribution in [0.3, 0.4) is 0 Å². The minimum atomic E-state index is 0.228. The highest BCUT2D eigenvalue weighted by molar-refractivity contribution is 9.10. The van der Waals surface area contributed by atoms with Gasteiger partial charge in [-0.15, -0.1) is 0 Å². The Morgan fingerprint density at radius 2 is 2.16 bits per heavy atom. The van der Waals surface area contributed by atoms with E-state index in [1.807, 2.05) is 36.5 Å². The maximum Gasteiger partial charge on any atom is 0.0422 e. The van der Waals surface area contributed by atoms with Crippen LogP contribution in [0.25, 0.3) is 0 Å². The van der Waals surface area contributed by atoms with Crippen LogP contribution in [0.15, 0.2) is 47.1 Å². The number of rotatable bonds is 5. The van der Waals surface area contributed by atoms with Gasteiger partial charge >= 0.3 is 0 Å². The van der Waals surface area contributed by atoms with E-state index in [1.54, 1.807) is 0 Å². The number of nitrogens with one attached hydrogen (secondary N) is 1. The first-order valence-corrected chi connectivity index (χ1v) is 7.46. The smallest absolute Gasteiger partial charge is 0.0422 e. The molecule has 2 nitrogen and oxygen atoms in total. The Kier molecular flexibility index (Phi) is 5.37. The molecular weight excluding hydrogens is 324 g/mol. The van der Waals surface area contributed by atoms with Crippen LogP contribution in [0.5, 0.6) is 0 Å². The van der Waals surface area contributed by atoms with Crippen LogP contribution in [0.1, 0.15) is 24.2 Å². The fraction of sp³-hybridized carbons (Fsp3) is 0.267. The van der Waals surface area contributed by atoms with Gasteiger partial charge in [0.2, 0.25) is 0 Å². The second-order valence-corrected chi connectivity index (χ2v) is 5.59. The fourth-order valence-corrected chi connectivity index (χ4v) is 3.01. The first-order valence-electron chi connectivity index (χ1n) is 6.29. The summed E-state index contributed by atoms with van der Waals surface area (Å²) in [6, 6.07) is 12.1. The zero-order valence-corrected chi connectivity index (χ0v) is 13.1. The van der Waals surface area contributed by atoms with E-state index < -0.39 is 0 Å². The van der Waals surface area contributed by atoms with E-state index in [9.17, 15) is 0 Å². The number of hydrogen-bond donors (Lipinski definition) is 1. The highest BCUT2D eigenvalue weighted by Gasteiger charge is 2.15. The van der Waals surface area contributed by atoms with Gasteiger partial charge in [0.15, 0.2) is 0 Å². The van der Waals surface area contributed by atoms with E-state index in [2.05, 4.69) is 39.2 Å². The minimum absolute atomic E-state index is 0.228. The molecule has 0 amide bonds. The van der Waals surface area contributed by atoms with Crippen LogP contribution in [0.4, 0.5) is 0 Å². The number of hydrogen-bond acceptors (Lipinski definition) is 2. The van der Waals surface area contributed by atoms with Crippen molar-refractivity contribution in [2.24, 2.45) is 0 Å². The molecule has 19 heavy (non-hydrogen) atoms. The average molecular weight is 340 g/mol. The lowest BCUT2D eigenvalue weighted by molar-refractivity contribution is 0.542. The molecule has 2 aromatic rings. The lowest BCUT2D eigenvalue weighted by Gasteiger charge is -2.19. The van der Waals surface area contributed by atoms with Crippen molar-refractivity contribution in [1.29, 1.82) is 0 Å². The van der Waals surface area contributed by atoms with Crippen molar-refractivity contribution >= 4 is 27.5 Å². The van der Waals surface area contributed by atoms with Crippen molar-refractivity contribution in [2.45, 2.75) is 19.4 Å². The molecule has 0 saturated carbocycles. The summed E-state index contributed by atoms with van der Waals surface area (Å²) < 4.78 is 1.03. The van der Waals surface area contributed by atoms with Crippen LogP contribution in [0.2, 0.25) is 5.02 Å². The summed E-state index contributed by atoms with van der Waals surface area (Å²) in [5, 5.41) is 4.23.